The number of methoxy groups -OCH3 is 1. The molecule has 0 bridgehead atoms. The normalized spacial score (nSPS) is 10.8. The number of aryl methyl sites for hydroxylation is 2. The third kappa shape index (κ3) is 3.18. The maximum atomic E-state index is 11.6. The number of hydrogen-bond acceptors (Lipinski definition) is 6. The highest BCUT2D eigenvalue weighted by atomic mass is 35.5. The third-order valence-corrected chi connectivity index (χ3v) is 4.64. The summed E-state index contributed by atoms with van der Waals surface area (Å²) in [6.07, 6.45) is 0. The average molecular weight is 363 g/mol. The second-order valence-corrected chi connectivity index (χ2v) is 6.40. The Kier molecular flexibility index (Phi) is 4.64. The fourth-order valence-electron chi connectivity index (χ4n) is 2.29. The summed E-state index contributed by atoms with van der Waals surface area (Å²) in [6.45, 7) is 3.77. The molecule has 0 spiro atoms. The van der Waals surface area contributed by atoms with Crippen molar-refractivity contribution < 1.29 is 9.53 Å². The largest absolute Gasteiger partial charge is 0.468 e. The molecular weight excluding hydrogens is 348 g/mol. The van der Waals surface area contributed by atoms with E-state index in [1.54, 1.807) is 6.92 Å². The smallest absolute Gasteiger partial charge is 0.327 e. The summed E-state index contributed by atoms with van der Waals surface area (Å²) >= 11 is 7.58. The minimum atomic E-state index is -0.404. The summed E-state index contributed by atoms with van der Waals surface area (Å²) < 4.78 is 10.6. The molecule has 0 amide bonds. The van der Waals surface area contributed by atoms with Crippen molar-refractivity contribution in [2.75, 3.05) is 7.11 Å². The summed E-state index contributed by atoms with van der Waals surface area (Å²) in [5, 5.41) is 5.37. The molecule has 0 atom stereocenters. The maximum Gasteiger partial charge on any atom is 0.327 e. The molecule has 2 aromatic heterocycles. The fraction of sp³-hybridized carbons (Fsp3) is 0.250. The molecule has 0 saturated carbocycles. The van der Waals surface area contributed by atoms with Gasteiger partial charge in [0.15, 0.2) is 10.8 Å². The first-order valence-electron chi connectivity index (χ1n) is 7.20. The van der Waals surface area contributed by atoms with Crippen molar-refractivity contribution in [3.05, 3.63) is 40.5 Å². The summed E-state index contributed by atoms with van der Waals surface area (Å²) in [6, 6.07) is 7.95. The van der Waals surface area contributed by atoms with Crippen LogP contribution in [0.3, 0.4) is 0 Å². The Bertz CT molecular complexity index is 903. The van der Waals surface area contributed by atoms with Crippen LogP contribution in [0.1, 0.15) is 11.3 Å². The number of benzene rings is 1. The van der Waals surface area contributed by atoms with Gasteiger partial charge in [-0.05, 0) is 31.4 Å². The van der Waals surface area contributed by atoms with Gasteiger partial charge in [0.25, 0.3) is 0 Å². The van der Waals surface area contributed by atoms with Gasteiger partial charge in [0.05, 0.1) is 17.8 Å². The molecule has 0 saturated heterocycles. The zero-order valence-corrected chi connectivity index (χ0v) is 15.0. The first-order chi connectivity index (χ1) is 11.5. The minimum Gasteiger partial charge on any atom is -0.468 e. The van der Waals surface area contributed by atoms with Crippen LogP contribution in [0.4, 0.5) is 0 Å². The van der Waals surface area contributed by atoms with Crippen molar-refractivity contribution in [2.45, 2.75) is 20.4 Å². The average Bonchev–Trinajstić information content (AvgIpc) is 3.13. The summed E-state index contributed by atoms with van der Waals surface area (Å²) in [7, 11) is 1.33. The van der Waals surface area contributed by atoms with Crippen molar-refractivity contribution in [1.82, 2.24) is 19.1 Å². The van der Waals surface area contributed by atoms with Gasteiger partial charge in [-0.25, -0.2) is 9.67 Å². The highest BCUT2D eigenvalue weighted by Crippen LogP contribution is 2.33. The third-order valence-electron chi connectivity index (χ3n) is 3.47. The number of nitrogens with zero attached hydrogens (tertiary/aromatic N) is 4. The molecule has 24 heavy (non-hydrogen) atoms. The molecule has 2 heterocycles. The molecule has 3 rings (SSSR count). The predicted molar refractivity (Wildman–Crippen MR) is 93.1 cm³/mol. The molecule has 3 aromatic rings. The van der Waals surface area contributed by atoms with Crippen molar-refractivity contribution >= 4 is 29.1 Å². The molecule has 0 aliphatic rings. The number of ether oxygens (including phenoxy) is 1. The lowest BCUT2D eigenvalue weighted by atomic mass is 10.1. The van der Waals surface area contributed by atoms with Gasteiger partial charge in [0, 0.05) is 5.56 Å². The van der Waals surface area contributed by atoms with Gasteiger partial charge in [-0.2, -0.15) is 9.47 Å². The van der Waals surface area contributed by atoms with Crippen LogP contribution in [0.2, 0.25) is 5.02 Å². The van der Waals surface area contributed by atoms with E-state index in [4.69, 9.17) is 16.3 Å². The lowest BCUT2D eigenvalue weighted by molar-refractivity contribution is -0.141. The minimum absolute atomic E-state index is 0.0290. The highest BCUT2D eigenvalue weighted by Gasteiger charge is 2.21. The van der Waals surface area contributed by atoms with Crippen LogP contribution in [0.25, 0.3) is 22.1 Å². The van der Waals surface area contributed by atoms with E-state index in [-0.39, 0.29) is 6.54 Å². The number of esters is 1. The van der Waals surface area contributed by atoms with E-state index in [9.17, 15) is 4.79 Å². The standard InChI is InChI=1S/C16H15ClN4O2S/c1-9-5-4-6-11(7-9)15-18-16(24-20-15)14-13(17)10(2)19-21(14)8-12(22)23-3/h4-7H,8H2,1-3H3. The van der Waals surface area contributed by atoms with E-state index < -0.39 is 5.97 Å². The molecule has 0 fully saturated rings. The molecule has 124 valence electrons. The Hall–Kier alpha value is -2.25. The SMILES string of the molecule is COC(=O)Cn1nc(C)c(Cl)c1-c1nc(-c2cccc(C)c2)ns1. The fourth-order valence-corrected chi connectivity index (χ4v) is 3.31. The van der Waals surface area contributed by atoms with E-state index in [0.29, 0.717) is 27.2 Å². The van der Waals surface area contributed by atoms with E-state index in [1.807, 2.05) is 31.2 Å². The Balaban J connectivity index is 2.02. The summed E-state index contributed by atoms with van der Waals surface area (Å²) in [5.74, 6) is 0.220. The Morgan fingerprint density at radius 2 is 2.17 bits per heavy atom. The number of rotatable bonds is 4. The van der Waals surface area contributed by atoms with Crippen LogP contribution in [0.15, 0.2) is 24.3 Å². The molecule has 1 aromatic carbocycles. The second-order valence-electron chi connectivity index (χ2n) is 5.27. The second kappa shape index (κ2) is 6.70. The van der Waals surface area contributed by atoms with Gasteiger partial charge in [-0.15, -0.1) is 0 Å². The molecule has 0 N–H and O–H groups in total. The molecule has 8 heteroatoms. The van der Waals surface area contributed by atoms with Crippen molar-refractivity contribution in [2.24, 2.45) is 0 Å². The van der Waals surface area contributed by atoms with Crippen molar-refractivity contribution in [3.63, 3.8) is 0 Å². The number of aromatic nitrogens is 4. The van der Waals surface area contributed by atoms with E-state index in [0.717, 1.165) is 11.1 Å². The number of carbonyl (C=O) groups excluding carboxylic acids is 1. The predicted octanol–water partition coefficient (Wildman–Crippen LogP) is 3.51. The maximum absolute atomic E-state index is 11.6. The highest BCUT2D eigenvalue weighted by molar-refractivity contribution is 7.09. The van der Waals surface area contributed by atoms with E-state index in [2.05, 4.69) is 14.5 Å². The van der Waals surface area contributed by atoms with E-state index >= 15 is 0 Å². The topological polar surface area (TPSA) is 69.9 Å². The lowest BCUT2D eigenvalue weighted by Gasteiger charge is -2.03. The number of halogens is 1. The molecule has 0 aliphatic carbocycles. The first kappa shape index (κ1) is 16.6. The van der Waals surface area contributed by atoms with Gasteiger partial charge in [-0.3, -0.25) is 4.79 Å². The van der Waals surface area contributed by atoms with Crippen LogP contribution in [0, 0.1) is 13.8 Å². The molecule has 0 aliphatic heterocycles. The van der Waals surface area contributed by atoms with E-state index in [1.165, 1.54) is 23.3 Å². The number of carbonyl (C=O) groups is 1. The quantitative estimate of drug-likeness (QED) is 0.664. The van der Waals surface area contributed by atoms with Crippen LogP contribution < -0.4 is 0 Å². The van der Waals surface area contributed by atoms with Crippen LogP contribution in [-0.4, -0.2) is 32.2 Å². The Morgan fingerprint density at radius 3 is 2.88 bits per heavy atom. The van der Waals surface area contributed by atoms with Crippen LogP contribution in [-0.2, 0) is 16.1 Å². The Morgan fingerprint density at radius 1 is 1.38 bits per heavy atom. The van der Waals surface area contributed by atoms with Gasteiger partial charge in [0.2, 0.25) is 0 Å². The molecular formula is C16H15ClN4O2S. The van der Waals surface area contributed by atoms with Crippen molar-refractivity contribution in [3.8, 4) is 22.1 Å². The van der Waals surface area contributed by atoms with Gasteiger partial charge >= 0.3 is 5.97 Å². The zero-order valence-electron chi connectivity index (χ0n) is 13.4. The first-order valence-corrected chi connectivity index (χ1v) is 8.35. The van der Waals surface area contributed by atoms with Gasteiger partial charge in [0.1, 0.15) is 12.2 Å². The summed E-state index contributed by atoms with van der Waals surface area (Å²) in [4.78, 5) is 16.2. The van der Waals surface area contributed by atoms with Gasteiger partial charge in [-0.1, -0.05) is 35.4 Å². The monoisotopic (exact) mass is 362 g/mol. The zero-order chi connectivity index (χ0) is 17.3. The Labute approximate surface area is 148 Å². The van der Waals surface area contributed by atoms with Crippen LogP contribution in [0.5, 0.6) is 0 Å². The lowest BCUT2D eigenvalue weighted by Crippen LogP contribution is -2.13. The molecule has 0 unspecified atom stereocenters. The van der Waals surface area contributed by atoms with Crippen molar-refractivity contribution in [1.29, 1.82) is 0 Å². The number of hydrogen-bond donors (Lipinski definition) is 0. The van der Waals surface area contributed by atoms with Gasteiger partial charge < -0.3 is 4.74 Å². The molecule has 6 nitrogen and oxygen atoms in total. The summed E-state index contributed by atoms with van der Waals surface area (Å²) in [5.41, 5.74) is 3.27. The molecule has 0 radical (unpaired) electrons. The van der Waals surface area contributed by atoms with Crippen LogP contribution >= 0.6 is 23.1 Å².